The van der Waals surface area contributed by atoms with Gasteiger partial charge in [0.2, 0.25) is 11.8 Å². The first-order valence-corrected chi connectivity index (χ1v) is 7.47. The highest BCUT2D eigenvalue weighted by molar-refractivity contribution is 6.34. The summed E-state index contributed by atoms with van der Waals surface area (Å²) in [6, 6.07) is 4.93. The molecule has 6 heteroatoms. The van der Waals surface area contributed by atoms with E-state index in [-0.39, 0.29) is 17.9 Å². The second-order valence-electron chi connectivity index (χ2n) is 5.27. The van der Waals surface area contributed by atoms with Crippen molar-refractivity contribution in [1.29, 1.82) is 0 Å². The summed E-state index contributed by atoms with van der Waals surface area (Å²) in [4.78, 5) is 25.1. The van der Waals surface area contributed by atoms with Crippen molar-refractivity contribution in [3.8, 4) is 0 Å². The number of amides is 2. The monoisotopic (exact) mass is 309 g/mol. The van der Waals surface area contributed by atoms with E-state index < -0.39 is 0 Å². The van der Waals surface area contributed by atoms with Gasteiger partial charge in [-0.1, -0.05) is 11.6 Å². The lowest BCUT2D eigenvalue weighted by Crippen LogP contribution is -2.39. The Labute approximate surface area is 129 Å². The molecule has 2 rings (SSSR count). The molecule has 1 aliphatic heterocycles. The second-order valence-corrected chi connectivity index (χ2v) is 5.68. The fourth-order valence-corrected chi connectivity index (χ4v) is 2.65. The molecule has 0 saturated carbocycles. The second kappa shape index (κ2) is 6.80. The number of nitrogens with zero attached hydrogens (tertiary/aromatic N) is 1. The molecule has 5 nitrogen and oxygen atoms in total. The number of rotatable bonds is 4. The summed E-state index contributed by atoms with van der Waals surface area (Å²) in [7, 11) is 0. The van der Waals surface area contributed by atoms with Gasteiger partial charge >= 0.3 is 0 Å². The van der Waals surface area contributed by atoms with Crippen LogP contribution in [-0.2, 0) is 9.59 Å². The zero-order chi connectivity index (χ0) is 15.4. The first-order valence-electron chi connectivity index (χ1n) is 7.10. The molecule has 1 aliphatic rings. The van der Waals surface area contributed by atoms with Gasteiger partial charge in [-0.25, -0.2) is 0 Å². The van der Waals surface area contributed by atoms with Crippen LogP contribution in [0.5, 0.6) is 0 Å². The van der Waals surface area contributed by atoms with E-state index in [4.69, 9.17) is 11.6 Å². The van der Waals surface area contributed by atoms with Gasteiger partial charge in [0.25, 0.3) is 0 Å². The Hall–Kier alpha value is -1.75. The van der Waals surface area contributed by atoms with Gasteiger partial charge in [-0.2, -0.15) is 0 Å². The maximum Gasteiger partial charge on any atom is 0.244 e. The third-order valence-corrected chi connectivity index (χ3v) is 3.76. The van der Waals surface area contributed by atoms with Crippen molar-refractivity contribution < 1.29 is 9.59 Å². The summed E-state index contributed by atoms with van der Waals surface area (Å²) in [5, 5.41) is 6.24. The van der Waals surface area contributed by atoms with Crippen molar-refractivity contribution in [2.24, 2.45) is 0 Å². The third kappa shape index (κ3) is 4.11. The third-order valence-electron chi connectivity index (χ3n) is 3.45. The predicted octanol–water partition coefficient (Wildman–Crippen LogP) is 2.72. The minimum atomic E-state index is -0.300. The van der Waals surface area contributed by atoms with Gasteiger partial charge < -0.3 is 15.5 Å². The topological polar surface area (TPSA) is 61.4 Å². The molecule has 0 radical (unpaired) electrons. The minimum Gasteiger partial charge on any atom is -0.374 e. The Balaban J connectivity index is 2.00. The van der Waals surface area contributed by atoms with E-state index in [0.29, 0.717) is 10.7 Å². The Kier molecular flexibility index (Phi) is 5.07. The highest BCUT2D eigenvalue weighted by Crippen LogP contribution is 2.26. The molecule has 114 valence electrons. The standard InChI is InChI=1S/C15H20ClN3O2/c1-10(15(21)19-7-3-4-8-19)17-12-5-6-14(13(16)9-12)18-11(2)20/h5-6,9-10,17H,3-4,7-8H2,1-2H3,(H,18,20). The first-order chi connectivity index (χ1) is 9.97. The SMILES string of the molecule is CC(=O)Nc1ccc(NC(C)C(=O)N2CCCC2)cc1Cl. The number of carbonyl (C=O) groups is 2. The van der Waals surface area contributed by atoms with Crippen LogP contribution in [0.3, 0.4) is 0 Å². The molecule has 1 saturated heterocycles. The fraction of sp³-hybridized carbons (Fsp3) is 0.467. The summed E-state index contributed by atoms with van der Waals surface area (Å²) < 4.78 is 0. The Morgan fingerprint density at radius 3 is 2.52 bits per heavy atom. The van der Waals surface area contributed by atoms with Crippen LogP contribution < -0.4 is 10.6 Å². The van der Waals surface area contributed by atoms with Gasteiger partial charge in [0.05, 0.1) is 10.7 Å². The van der Waals surface area contributed by atoms with Gasteiger partial charge in [-0.3, -0.25) is 9.59 Å². The number of hydrogen-bond donors (Lipinski definition) is 2. The molecule has 21 heavy (non-hydrogen) atoms. The van der Waals surface area contributed by atoms with E-state index in [1.165, 1.54) is 6.92 Å². The van der Waals surface area contributed by atoms with Gasteiger partial charge in [-0.05, 0) is 38.0 Å². The van der Waals surface area contributed by atoms with Crippen molar-refractivity contribution in [3.05, 3.63) is 23.2 Å². The largest absolute Gasteiger partial charge is 0.374 e. The van der Waals surface area contributed by atoms with Crippen molar-refractivity contribution in [1.82, 2.24) is 4.90 Å². The molecule has 1 aromatic carbocycles. The Morgan fingerprint density at radius 2 is 1.95 bits per heavy atom. The van der Waals surface area contributed by atoms with Crippen molar-refractivity contribution in [2.75, 3.05) is 23.7 Å². The molecular formula is C15H20ClN3O2. The molecule has 0 bridgehead atoms. The number of hydrogen-bond acceptors (Lipinski definition) is 3. The molecule has 1 fully saturated rings. The maximum atomic E-state index is 12.2. The quantitative estimate of drug-likeness (QED) is 0.899. The first kappa shape index (κ1) is 15.6. The molecule has 2 N–H and O–H groups in total. The van der Waals surface area contributed by atoms with E-state index in [2.05, 4.69) is 10.6 Å². The average Bonchev–Trinajstić information content (AvgIpc) is 2.94. The number of nitrogens with one attached hydrogen (secondary N) is 2. The number of halogens is 1. The summed E-state index contributed by atoms with van der Waals surface area (Å²) in [6.07, 6.45) is 2.16. The normalized spacial score (nSPS) is 15.7. The van der Waals surface area contributed by atoms with Crippen LogP contribution in [-0.4, -0.2) is 35.8 Å². The van der Waals surface area contributed by atoms with Gasteiger partial charge in [-0.15, -0.1) is 0 Å². The van der Waals surface area contributed by atoms with Crippen LogP contribution in [0.25, 0.3) is 0 Å². The zero-order valence-electron chi connectivity index (χ0n) is 12.3. The van der Waals surface area contributed by atoms with Gasteiger partial charge in [0, 0.05) is 25.7 Å². The minimum absolute atomic E-state index is 0.106. The molecule has 1 aromatic rings. The van der Waals surface area contributed by atoms with E-state index in [1.54, 1.807) is 18.2 Å². The van der Waals surface area contributed by atoms with Crippen LogP contribution in [0, 0.1) is 0 Å². The van der Waals surface area contributed by atoms with E-state index in [0.717, 1.165) is 31.6 Å². The van der Waals surface area contributed by atoms with Crippen LogP contribution in [0.1, 0.15) is 26.7 Å². The van der Waals surface area contributed by atoms with Crippen LogP contribution >= 0.6 is 11.6 Å². The highest BCUT2D eigenvalue weighted by Gasteiger charge is 2.23. The Bertz CT molecular complexity index is 542. The van der Waals surface area contributed by atoms with Crippen LogP contribution in [0.4, 0.5) is 11.4 Å². The summed E-state index contributed by atoms with van der Waals surface area (Å²) in [6.45, 7) is 4.95. The van der Waals surface area contributed by atoms with Gasteiger partial charge in [0.1, 0.15) is 6.04 Å². The molecule has 2 amide bonds. The Morgan fingerprint density at radius 1 is 1.29 bits per heavy atom. The van der Waals surface area contributed by atoms with Crippen molar-refractivity contribution in [2.45, 2.75) is 32.7 Å². The molecule has 1 heterocycles. The number of anilines is 2. The van der Waals surface area contributed by atoms with E-state index in [1.807, 2.05) is 11.8 Å². The lowest BCUT2D eigenvalue weighted by molar-refractivity contribution is -0.130. The number of likely N-dealkylation sites (tertiary alicyclic amines) is 1. The average molecular weight is 310 g/mol. The highest BCUT2D eigenvalue weighted by atomic mass is 35.5. The summed E-state index contributed by atoms with van der Waals surface area (Å²) in [5.41, 5.74) is 1.32. The molecule has 1 atom stereocenters. The molecule has 0 aliphatic carbocycles. The number of carbonyl (C=O) groups excluding carboxylic acids is 2. The number of benzene rings is 1. The molecule has 1 unspecified atom stereocenters. The van der Waals surface area contributed by atoms with Crippen LogP contribution in [0.2, 0.25) is 5.02 Å². The van der Waals surface area contributed by atoms with Crippen LogP contribution in [0.15, 0.2) is 18.2 Å². The van der Waals surface area contributed by atoms with Gasteiger partial charge in [0.15, 0.2) is 0 Å². The summed E-state index contributed by atoms with van der Waals surface area (Å²) >= 11 is 6.11. The smallest absolute Gasteiger partial charge is 0.244 e. The summed E-state index contributed by atoms with van der Waals surface area (Å²) in [5.74, 6) is -0.0650. The van der Waals surface area contributed by atoms with E-state index in [9.17, 15) is 9.59 Å². The molecule has 0 aromatic heterocycles. The maximum absolute atomic E-state index is 12.2. The van der Waals surface area contributed by atoms with E-state index >= 15 is 0 Å². The fourth-order valence-electron chi connectivity index (χ4n) is 2.42. The zero-order valence-corrected chi connectivity index (χ0v) is 13.0. The van der Waals surface area contributed by atoms with Crippen molar-refractivity contribution >= 4 is 34.8 Å². The molecule has 0 spiro atoms. The molecular weight excluding hydrogens is 290 g/mol. The lowest BCUT2D eigenvalue weighted by Gasteiger charge is -2.22. The lowest BCUT2D eigenvalue weighted by atomic mass is 10.2. The predicted molar refractivity (Wildman–Crippen MR) is 84.7 cm³/mol. The van der Waals surface area contributed by atoms with Crippen molar-refractivity contribution in [3.63, 3.8) is 0 Å².